The number of hydrogen-bond acceptors (Lipinski definition) is 2. The van der Waals surface area contributed by atoms with Gasteiger partial charge in [-0.25, -0.2) is 4.98 Å². The van der Waals surface area contributed by atoms with Crippen LogP contribution in [0.4, 0.5) is 0 Å². The number of rotatable bonds is 4. The molecular weight excluding hydrogens is 310 g/mol. The molecule has 0 saturated carbocycles. The van der Waals surface area contributed by atoms with Gasteiger partial charge >= 0.3 is 0 Å². The minimum atomic E-state index is -1.14. The topological polar surface area (TPSA) is 60.4 Å². The molecule has 0 aliphatic rings. The summed E-state index contributed by atoms with van der Waals surface area (Å²) >= 11 is 0. The highest BCUT2D eigenvalue weighted by molar-refractivity contribution is 5.94. The van der Waals surface area contributed by atoms with Crippen LogP contribution in [0.5, 0.6) is 0 Å². The number of imidazole rings is 1. The Morgan fingerprint density at radius 1 is 0.840 bits per heavy atom. The SMILES string of the molecule is NC(=O)C(c1ccccc1)(c1ccccc1)c1cn2ccccc2n1. The van der Waals surface area contributed by atoms with E-state index in [1.807, 2.05) is 95.7 Å². The molecule has 2 aromatic carbocycles. The molecule has 122 valence electrons. The molecule has 2 heterocycles. The third kappa shape index (κ3) is 2.31. The molecule has 0 fully saturated rings. The number of primary amides is 1. The lowest BCUT2D eigenvalue weighted by Gasteiger charge is -2.30. The fourth-order valence-corrected chi connectivity index (χ4v) is 3.36. The highest BCUT2D eigenvalue weighted by Gasteiger charge is 2.44. The van der Waals surface area contributed by atoms with Gasteiger partial charge in [0.25, 0.3) is 0 Å². The second kappa shape index (κ2) is 5.91. The number of nitrogens with two attached hydrogens (primary N) is 1. The largest absolute Gasteiger partial charge is 0.368 e. The second-order valence-electron chi connectivity index (χ2n) is 5.94. The van der Waals surface area contributed by atoms with Crippen LogP contribution in [0.1, 0.15) is 16.8 Å². The number of carbonyl (C=O) groups is 1. The Morgan fingerprint density at radius 2 is 1.40 bits per heavy atom. The van der Waals surface area contributed by atoms with Crippen LogP contribution in [0, 0.1) is 0 Å². The number of hydrogen-bond donors (Lipinski definition) is 1. The highest BCUT2D eigenvalue weighted by atomic mass is 16.1. The van der Waals surface area contributed by atoms with E-state index in [0.29, 0.717) is 5.69 Å². The predicted molar refractivity (Wildman–Crippen MR) is 97.2 cm³/mol. The fourth-order valence-electron chi connectivity index (χ4n) is 3.36. The second-order valence-corrected chi connectivity index (χ2v) is 5.94. The van der Waals surface area contributed by atoms with Crippen LogP contribution >= 0.6 is 0 Å². The minimum Gasteiger partial charge on any atom is -0.368 e. The molecular formula is C21H17N3O. The van der Waals surface area contributed by atoms with Crippen molar-refractivity contribution in [3.8, 4) is 0 Å². The summed E-state index contributed by atoms with van der Waals surface area (Å²) in [4.78, 5) is 17.6. The zero-order valence-corrected chi connectivity index (χ0v) is 13.5. The molecule has 0 spiro atoms. The zero-order chi connectivity index (χ0) is 17.3. The standard InChI is InChI=1S/C21H17N3O/c22-20(25)21(16-9-3-1-4-10-16,17-11-5-2-6-12-17)18-15-24-14-8-7-13-19(24)23-18/h1-15H,(H2,22,25). The van der Waals surface area contributed by atoms with Crippen molar-refractivity contribution >= 4 is 11.6 Å². The lowest BCUT2D eigenvalue weighted by Crippen LogP contribution is -2.43. The molecule has 0 aliphatic carbocycles. The summed E-state index contributed by atoms with van der Waals surface area (Å²) in [5.41, 5.74) is 7.85. The van der Waals surface area contributed by atoms with Crippen LogP contribution in [-0.2, 0) is 10.2 Å². The van der Waals surface area contributed by atoms with E-state index < -0.39 is 11.3 Å². The molecule has 0 bridgehead atoms. The van der Waals surface area contributed by atoms with Crippen LogP contribution in [-0.4, -0.2) is 15.3 Å². The molecule has 4 nitrogen and oxygen atoms in total. The summed E-state index contributed by atoms with van der Waals surface area (Å²) < 4.78 is 1.90. The first-order valence-corrected chi connectivity index (χ1v) is 8.08. The average Bonchev–Trinajstić information content (AvgIpc) is 3.08. The van der Waals surface area contributed by atoms with Crippen molar-refractivity contribution in [1.29, 1.82) is 0 Å². The summed E-state index contributed by atoms with van der Waals surface area (Å²) in [6.07, 6.45) is 3.79. The predicted octanol–water partition coefficient (Wildman–Crippen LogP) is 3.15. The highest BCUT2D eigenvalue weighted by Crippen LogP contribution is 2.38. The van der Waals surface area contributed by atoms with Crippen molar-refractivity contribution in [2.75, 3.05) is 0 Å². The number of benzene rings is 2. The van der Waals surface area contributed by atoms with Gasteiger partial charge in [-0.1, -0.05) is 66.7 Å². The Balaban J connectivity index is 2.09. The number of pyridine rings is 1. The van der Waals surface area contributed by atoms with E-state index in [1.165, 1.54) is 0 Å². The van der Waals surface area contributed by atoms with Crippen molar-refractivity contribution in [2.24, 2.45) is 5.73 Å². The molecule has 2 aromatic heterocycles. The lowest BCUT2D eigenvalue weighted by atomic mass is 9.71. The molecule has 0 atom stereocenters. The van der Waals surface area contributed by atoms with Gasteiger partial charge in [-0.2, -0.15) is 0 Å². The molecule has 2 N–H and O–H groups in total. The van der Waals surface area contributed by atoms with Gasteiger partial charge < -0.3 is 10.1 Å². The normalized spacial score (nSPS) is 11.5. The van der Waals surface area contributed by atoms with E-state index in [1.54, 1.807) is 0 Å². The van der Waals surface area contributed by atoms with Crippen molar-refractivity contribution in [3.63, 3.8) is 0 Å². The summed E-state index contributed by atoms with van der Waals surface area (Å²) in [6.45, 7) is 0. The third-order valence-corrected chi connectivity index (χ3v) is 4.53. The van der Waals surface area contributed by atoms with E-state index in [9.17, 15) is 4.79 Å². The first kappa shape index (κ1) is 15.1. The maximum Gasteiger partial charge on any atom is 0.238 e. The molecule has 25 heavy (non-hydrogen) atoms. The molecule has 4 rings (SSSR count). The van der Waals surface area contributed by atoms with E-state index in [4.69, 9.17) is 10.7 Å². The Morgan fingerprint density at radius 3 is 1.92 bits per heavy atom. The van der Waals surface area contributed by atoms with Gasteiger partial charge in [0.05, 0.1) is 5.69 Å². The molecule has 4 heteroatoms. The van der Waals surface area contributed by atoms with Gasteiger partial charge in [0.1, 0.15) is 11.1 Å². The maximum absolute atomic E-state index is 12.9. The minimum absolute atomic E-state index is 0.451. The van der Waals surface area contributed by atoms with Crippen LogP contribution < -0.4 is 5.73 Å². The summed E-state index contributed by atoms with van der Waals surface area (Å²) in [6, 6.07) is 24.9. The Kier molecular flexibility index (Phi) is 3.58. The first-order chi connectivity index (χ1) is 12.2. The van der Waals surface area contributed by atoms with Crippen LogP contribution in [0.15, 0.2) is 91.3 Å². The van der Waals surface area contributed by atoms with Gasteiger partial charge in [0.15, 0.2) is 0 Å². The number of amides is 1. The Hall–Kier alpha value is -3.40. The molecule has 0 unspecified atom stereocenters. The van der Waals surface area contributed by atoms with E-state index in [0.717, 1.165) is 16.8 Å². The smallest absolute Gasteiger partial charge is 0.238 e. The summed E-state index contributed by atoms with van der Waals surface area (Å²) in [7, 11) is 0. The number of nitrogens with zero attached hydrogens (tertiary/aromatic N) is 2. The van der Waals surface area contributed by atoms with E-state index in [-0.39, 0.29) is 0 Å². The van der Waals surface area contributed by atoms with Crippen LogP contribution in [0.25, 0.3) is 5.65 Å². The first-order valence-electron chi connectivity index (χ1n) is 8.08. The van der Waals surface area contributed by atoms with E-state index in [2.05, 4.69) is 0 Å². The van der Waals surface area contributed by atoms with Crippen molar-refractivity contribution in [1.82, 2.24) is 9.38 Å². The van der Waals surface area contributed by atoms with Gasteiger partial charge in [-0.05, 0) is 23.3 Å². The average molecular weight is 327 g/mol. The monoisotopic (exact) mass is 327 g/mol. The van der Waals surface area contributed by atoms with E-state index >= 15 is 0 Å². The summed E-state index contributed by atoms with van der Waals surface area (Å²) in [5.74, 6) is -0.451. The molecule has 0 aliphatic heterocycles. The van der Waals surface area contributed by atoms with Crippen molar-refractivity contribution < 1.29 is 4.79 Å². The van der Waals surface area contributed by atoms with Gasteiger partial charge in [-0.15, -0.1) is 0 Å². The van der Waals surface area contributed by atoms with Gasteiger partial charge in [0, 0.05) is 12.4 Å². The van der Waals surface area contributed by atoms with Crippen molar-refractivity contribution in [3.05, 3.63) is 108 Å². The fraction of sp³-hybridized carbons (Fsp3) is 0.0476. The zero-order valence-electron chi connectivity index (χ0n) is 13.5. The number of fused-ring (bicyclic) bond motifs is 1. The van der Waals surface area contributed by atoms with Gasteiger partial charge in [-0.3, -0.25) is 4.79 Å². The number of carbonyl (C=O) groups excluding carboxylic acids is 1. The van der Waals surface area contributed by atoms with Gasteiger partial charge in [0.2, 0.25) is 5.91 Å². The lowest BCUT2D eigenvalue weighted by molar-refractivity contribution is -0.121. The quantitative estimate of drug-likeness (QED) is 0.626. The Labute approximate surface area is 145 Å². The summed E-state index contributed by atoms with van der Waals surface area (Å²) in [5, 5.41) is 0. The van der Waals surface area contributed by atoms with Crippen LogP contribution in [0.3, 0.4) is 0 Å². The Bertz CT molecular complexity index is 950. The number of aromatic nitrogens is 2. The maximum atomic E-state index is 12.9. The van der Waals surface area contributed by atoms with Crippen LogP contribution in [0.2, 0.25) is 0 Å². The molecule has 1 amide bonds. The molecule has 0 saturated heterocycles. The van der Waals surface area contributed by atoms with Crippen molar-refractivity contribution in [2.45, 2.75) is 5.41 Å². The molecule has 0 radical (unpaired) electrons. The third-order valence-electron chi connectivity index (χ3n) is 4.53. The molecule has 4 aromatic rings.